The lowest BCUT2D eigenvalue weighted by Crippen LogP contribution is -2.22. The molecule has 3 aromatic rings. The van der Waals surface area contributed by atoms with E-state index in [0.717, 1.165) is 34.8 Å². The van der Waals surface area contributed by atoms with Gasteiger partial charge in [-0.3, -0.25) is 4.98 Å². The number of benzene rings is 1. The first-order valence-electron chi connectivity index (χ1n) is 7.48. The van der Waals surface area contributed by atoms with E-state index in [4.69, 9.17) is 10.5 Å². The minimum Gasteiger partial charge on any atom is -0.373 e. The first-order valence-corrected chi connectivity index (χ1v) is 7.48. The number of nitrogens with zero attached hydrogens (tertiary/aromatic N) is 3. The molecule has 5 nitrogen and oxygen atoms in total. The third kappa shape index (κ3) is 1.49. The largest absolute Gasteiger partial charge is 0.373 e. The summed E-state index contributed by atoms with van der Waals surface area (Å²) < 4.78 is 8.19. The number of nitrogens with two attached hydrogens (primary N) is 1. The predicted molar refractivity (Wildman–Crippen MR) is 81.0 cm³/mol. The molecule has 21 heavy (non-hydrogen) atoms. The zero-order valence-corrected chi connectivity index (χ0v) is 11.6. The fourth-order valence-electron chi connectivity index (χ4n) is 3.96. The molecule has 3 unspecified atom stereocenters. The highest BCUT2D eigenvalue weighted by atomic mass is 16.5. The van der Waals surface area contributed by atoms with Crippen LogP contribution in [-0.2, 0) is 4.74 Å². The summed E-state index contributed by atoms with van der Waals surface area (Å²) in [6, 6.07) is 8.47. The quantitative estimate of drug-likeness (QED) is 0.744. The Kier molecular flexibility index (Phi) is 2.16. The van der Waals surface area contributed by atoms with E-state index >= 15 is 0 Å². The van der Waals surface area contributed by atoms with E-state index in [9.17, 15) is 0 Å². The maximum absolute atomic E-state index is 6.22. The zero-order valence-electron chi connectivity index (χ0n) is 11.6. The van der Waals surface area contributed by atoms with Gasteiger partial charge in [0.15, 0.2) is 0 Å². The summed E-state index contributed by atoms with van der Waals surface area (Å²) in [5.41, 5.74) is 9.17. The van der Waals surface area contributed by atoms with Gasteiger partial charge >= 0.3 is 0 Å². The van der Waals surface area contributed by atoms with Crippen LogP contribution in [0.3, 0.4) is 0 Å². The van der Waals surface area contributed by atoms with Gasteiger partial charge in [-0.05, 0) is 25.3 Å². The number of pyridine rings is 1. The lowest BCUT2D eigenvalue weighted by molar-refractivity contribution is 0.0946. The molecule has 1 aromatic carbocycles. The van der Waals surface area contributed by atoms with Gasteiger partial charge in [-0.2, -0.15) is 0 Å². The fourth-order valence-corrected chi connectivity index (χ4v) is 3.96. The number of rotatable bonds is 1. The van der Waals surface area contributed by atoms with Gasteiger partial charge in [-0.15, -0.1) is 0 Å². The third-order valence-corrected chi connectivity index (χ3v) is 4.86. The number of nitrogen functional groups attached to an aromatic ring is 1. The molecule has 2 aliphatic heterocycles. The molecule has 2 fully saturated rings. The lowest BCUT2D eigenvalue weighted by atomic mass is 9.95. The van der Waals surface area contributed by atoms with Gasteiger partial charge < -0.3 is 15.0 Å². The number of aromatic nitrogens is 3. The molecule has 2 saturated heterocycles. The summed E-state index contributed by atoms with van der Waals surface area (Å²) in [4.78, 5) is 8.99. The average Bonchev–Trinajstić information content (AvgIpc) is 3.19. The molecule has 3 atom stereocenters. The Bertz CT molecular complexity index is 856. The number of imidazole rings is 1. The molecular weight excluding hydrogens is 264 g/mol. The number of hydrogen-bond acceptors (Lipinski definition) is 4. The van der Waals surface area contributed by atoms with Crippen LogP contribution < -0.4 is 5.73 Å². The highest BCUT2D eigenvalue weighted by Crippen LogP contribution is 2.44. The molecule has 5 heteroatoms. The molecule has 4 heterocycles. The third-order valence-electron chi connectivity index (χ3n) is 4.86. The molecule has 0 saturated carbocycles. The van der Waals surface area contributed by atoms with Gasteiger partial charge in [0.2, 0.25) is 5.95 Å². The van der Waals surface area contributed by atoms with Gasteiger partial charge in [0.25, 0.3) is 0 Å². The Morgan fingerprint density at radius 2 is 2.10 bits per heavy atom. The maximum atomic E-state index is 6.22. The van der Waals surface area contributed by atoms with E-state index in [1.54, 1.807) is 0 Å². The number of anilines is 1. The van der Waals surface area contributed by atoms with Crippen molar-refractivity contribution in [3.8, 4) is 0 Å². The first kappa shape index (κ1) is 11.5. The Labute approximate surface area is 121 Å². The lowest BCUT2D eigenvalue weighted by Gasteiger charge is -2.22. The van der Waals surface area contributed by atoms with Crippen LogP contribution in [0.5, 0.6) is 0 Å². The molecule has 0 amide bonds. The molecule has 0 radical (unpaired) electrons. The summed E-state index contributed by atoms with van der Waals surface area (Å²) in [6.45, 7) is 0. The van der Waals surface area contributed by atoms with Gasteiger partial charge in [-0.25, -0.2) is 4.98 Å². The van der Waals surface area contributed by atoms with Gasteiger partial charge in [0.05, 0.1) is 35.5 Å². The molecule has 2 N–H and O–H groups in total. The van der Waals surface area contributed by atoms with Crippen molar-refractivity contribution in [3.05, 3.63) is 30.5 Å². The first-order chi connectivity index (χ1) is 10.3. The van der Waals surface area contributed by atoms with Crippen molar-refractivity contribution in [2.75, 3.05) is 5.73 Å². The van der Waals surface area contributed by atoms with E-state index in [0.29, 0.717) is 18.1 Å². The zero-order chi connectivity index (χ0) is 14.0. The second-order valence-electron chi connectivity index (χ2n) is 6.03. The summed E-state index contributed by atoms with van der Waals surface area (Å²) in [7, 11) is 0. The second-order valence-corrected chi connectivity index (χ2v) is 6.03. The summed E-state index contributed by atoms with van der Waals surface area (Å²) in [5.74, 6) is 0.573. The van der Waals surface area contributed by atoms with Crippen LogP contribution >= 0.6 is 0 Å². The molecule has 2 bridgehead atoms. The van der Waals surface area contributed by atoms with E-state index in [1.807, 2.05) is 24.4 Å². The molecular formula is C16H16N4O. The van der Waals surface area contributed by atoms with E-state index in [1.165, 1.54) is 6.42 Å². The minimum absolute atomic E-state index is 0.279. The number of fused-ring (bicyclic) bond motifs is 5. The van der Waals surface area contributed by atoms with Crippen LogP contribution in [0.25, 0.3) is 21.9 Å². The van der Waals surface area contributed by atoms with Crippen molar-refractivity contribution in [2.24, 2.45) is 0 Å². The molecule has 106 valence electrons. The van der Waals surface area contributed by atoms with Crippen LogP contribution in [0, 0.1) is 0 Å². The van der Waals surface area contributed by atoms with Gasteiger partial charge in [0.1, 0.15) is 5.52 Å². The topological polar surface area (TPSA) is 66.0 Å². The van der Waals surface area contributed by atoms with Crippen molar-refractivity contribution in [3.63, 3.8) is 0 Å². The highest BCUT2D eigenvalue weighted by molar-refractivity contribution is 6.03. The smallest absolute Gasteiger partial charge is 0.201 e. The van der Waals surface area contributed by atoms with Crippen LogP contribution in [0.1, 0.15) is 25.3 Å². The van der Waals surface area contributed by atoms with Crippen LogP contribution in [0.2, 0.25) is 0 Å². The number of para-hydroxylation sites is 1. The van der Waals surface area contributed by atoms with Crippen LogP contribution in [-0.4, -0.2) is 26.7 Å². The second kappa shape index (κ2) is 3.95. The SMILES string of the molecule is Nc1nc2cnc3ccccc3c2n1C1CC2CCC1O2. The van der Waals surface area contributed by atoms with Crippen LogP contribution in [0.4, 0.5) is 5.95 Å². The molecule has 2 aromatic heterocycles. The Balaban J connectivity index is 1.82. The van der Waals surface area contributed by atoms with Crippen molar-refractivity contribution in [2.45, 2.75) is 37.5 Å². The van der Waals surface area contributed by atoms with E-state index < -0.39 is 0 Å². The standard InChI is InChI=1S/C16H16N4O/c17-16-19-12-8-18-11-4-2-1-3-10(11)15(12)20(16)13-7-9-5-6-14(13)21-9/h1-4,8-9,13-14H,5-7H2,(H2,17,19). The Hall–Kier alpha value is -2.14. The molecule has 0 spiro atoms. The molecule has 2 aliphatic rings. The Morgan fingerprint density at radius 1 is 1.19 bits per heavy atom. The predicted octanol–water partition coefficient (Wildman–Crippen LogP) is 2.66. The van der Waals surface area contributed by atoms with Crippen molar-refractivity contribution in [1.29, 1.82) is 0 Å². The Morgan fingerprint density at radius 3 is 2.90 bits per heavy atom. The van der Waals surface area contributed by atoms with E-state index in [2.05, 4.69) is 20.6 Å². The fraction of sp³-hybridized carbons (Fsp3) is 0.375. The van der Waals surface area contributed by atoms with Crippen LogP contribution in [0.15, 0.2) is 30.5 Å². The normalized spacial score (nSPS) is 27.9. The van der Waals surface area contributed by atoms with Crippen molar-refractivity contribution in [1.82, 2.24) is 14.5 Å². The monoisotopic (exact) mass is 280 g/mol. The molecule has 5 rings (SSSR count). The van der Waals surface area contributed by atoms with Gasteiger partial charge in [-0.1, -0.05) is 18.2 Å². The van der Waals surface area contributed by atoms with Crippen molar-refractivity contribution >= 4 is 27.9 Å². The summed E-state index contributed by atoms with van der Waals surface area (Å²) >= 11 is 0. The summed E-state index contributed by atoms with van der Waals surface area (Å²) in [5, 5.41) is 1.11. The van der Waals surface area contributed by atoms with E-state index in [-0.39, 0.29) is 6.10 Å². The molecule has 0 aliphatic carbocycles. The average molecular weight is 280 g/mol. The number of hydrogen-bond donors (Lipinski definition) is 1. The number of ether oxygens (including phenoxy) is 1. The van der Waals surface area contributed by atoms with Gasteiger partial charge in [0, 0.05) is 5.39 Å². The maximum Gasteiger partial charge on any atom is 0.201 e. The highest BCUT2D eigenvalue weighted by Gasteiger charge is 2.43. The minimum atomic E-state index is 0.279. The van der Waals surface area contributed by atoms with Crippen molar-refractivity contribution < 1.29 is 4.74 Å². The summed E-state index contributed by atoms with van der Waals surface area (Å²) in [6.07, 6.45) is 5.83.